The van der Waals surface area contributed by atoms with Crippen LogP contribution in [0.1, 0.15) is 15.9 Å². The molecule has 1 heterocycles. The summed E-state index contributed by atoms with van der Waals surface area (Å²) in [6.07, 6.45) is -3.46. The zero-order valence-corrected chi connectivity index (χ0v) is 13.9. The van der Waals surface area contributed by atoms with E-state index in [0.29, 0.717) is 16.6 Å². The first-order valence-corrected chi connectivity index (χ1v) is 7.78. The fourth-order valence-corrected chi connectivity index (χ4v) is 2.84. The van der Waals surface area contributed by atoms with Crippen LogP contribution >= 0.6 is 0 Å². The zero-order chi connectivity index (χ0) is 19.8. The molecular formula is C19H14F3N3O2. The summed E-state index contributed by atoms with van der Waals surface area (Å²) in [6, 6.07) is 11.0. The maximum absolute atomic E-state index is 12.8. The Balaban J connectivity index is 2.30. The highest BCUT2D eigenvalue weighted by Gasteiger charge is 2.30. The second kappa shape index (κ2) is 6.64. The van der Waals surface area contributed by atoms with Crippen LogP contribution < -0.4 is 11.1 Å². The first-order valence-electron chi connectivity index (χ1n) is 7.78. The van der Waals surface area contributed by atoms with Gasteiger partial charge in [-0.05, 0) is 36.4 Å². The molecule has 138 valence electrons. The standard InChI is InChI=1S/C19H14F3N3O2/c1-2-15(26)24-18-16(17(23)27)13-5-3-4-6-14(13)25(18)12-9-7-11(8-10-12)19(20,21)22/h2-10H,1H2,(H2,23,27)(H,24,26). The number of para-hydroxylation sites is 1. The molecule has 3 rings (SSSR count). The van der Waals surface area contributed by atoms with Crippen molar-refractivity contribution in [2.45, 2.75) is 6.18 Å². The Morgan fingerprint density at radius 3 is 2.26 bits per heavy atom. The molecule has 0 saturated heterocycles. The van der Waals surface area contributed by atoms with Crippen molar-refractivity contribution in [3.63, 3.8) is 0 Å². The summed E-state index contributed by atoms with van der Waals surface area (Å²) in [4.78, 5) is 23.9. The number of carbonyl (C=O) groups is 2. The van der Waals surface area contributed by atoms with Crippen molar-refractivity contribution in [1.82, 2.24) is 4.57 Å². The highest BCUT2D eigenvalue weighted by Crippen LogP contribution is 2.35. The monoisotopic (exact) mass is 373 g/mol. The SMILES string of the molecule is C=CC(=O)Nc1c(C(N)=O)c2ccccc2n1-c1ccc(C(F)(F)F)cc1. The number of anilines is 1. The van der Waals surface area contributed by atoms with E-state index in [1.807, 2.05) is 0 Å². The third-order valence-electron chi connectivity index (χ3n) is 4.00. The van der Waals surface area contributed by atoms with E-state index in [1.165, 1.54) is 16.7 Å². The number of rotatable bonds is 4. The molecule has 2 aromatic carbocycles. The maximum Gasteiger partial charge on any atom is 0.416 e. The number of nitrogens with one attached hydrogen (secondary N) is 1. The van der Waals surface area contributed by atoms with E-state index in [4.69, 9.17) is 5.73 Å². The van der Waals surface area contributed by atoms with E-state index < -0.39 is 23.6 Å². The lowest BCUT2D eigenvalue weighted by atomic mass is 10.1. The molecule has 0 unspecified atom stereocenters. The topological polar surface area (TPSA) is 77.1 Å². The quantitative estimate of drug-likeness (QED) is 0.681. The first-order chi connectivity index (χ1) is 12.7. The van der Waals surface area contributed by atoms with E-state index in [2.05, 4.69) is 11.9 Å². The number of primary amides is 1. The Kier molecular flexibility index (Phi) is 4.49. The number of aromatic nitrogens is 1. The number of nitrogens with two attached hydrogens (primary N) is 1. The van der Waals surface area contributed by atoms with Crippen molar-refractivity contribution in [1.29, 1.82) is 0 Å². The number of amides is 2. The fourth-order valence-electron chi connectivity index (χ4n) is 2.84. The molecular weight excluding hydrogens is 359 g/mol. The number of nitrogens with zero attached hydrogens (tertiary/aromatic N) is 1. The Labute approximate surface area is 151 Å². The molecule has 0 aliphatic heterocycles. The zero-order valence-electron chi connectivity index (χ0n) is 13.9. The van der Waals surface area contributed by atoms with Crippen LogP contribution in [0.2, 0.25) is 0 Å². The molecule has 0 saturated carbocycles. The first kappa shape index (κ1) is 18.2. The van der Waals surface area contributed by atoms with Gasteiger partial charge in [-0.2, -0.15) is 13.2 Å². The molecule has 0 spiro atoms. The number of alkyl halides is 3. The lowest BCUT2D eigenvalue weighted by molar-refractivity contribution is -0.137. The summed E-state index contributed by atoms with van der Waals surface area (Å²) in [5, 5.41) is 2.99. The molecule has 0 bridgehead atoms. The summed E-state index contributed by atoms with van der Waals surface area (Å²) >= 11 is 0. The molecule has 3 N–H and O–H groups in total. The molecule has 0 radical (unpaired) electrons. The van der Waals surface area contributed by atoms with Crippen LogP contribution in [-0.4, -0.2) is 16.4 Å². The van der Waals surface area contributed by atoms with E-state index in [1.54, 1.807) is 24.3 Å². The van der Waals surface area contributed by atoms with Gasteiger partial charge >= 0.3 is 6.18 Å². The van der Waals surface area contributed by atoms with E-state index >= 15 is 0 Å². The molecule has 27 heavy (non-hydrogen) atoms. The number of hydrogen-bond acceptors (Lipinski definition) is 2. The van der Waals surface area contributed by atoms with Crippen LogP contribution in [0.4, 0.5) is 19.0 Å². The minimum absolute atomic E-state index is 0.0562. The van der Waals surface area contributed by atoms with Crippen molar-refractivity contribution in [2.24, 2.45) is 5.73 Å². The average Bonchev–Trinajstić information content (AvgIpc) is 2.94. The lowest BCUT2D eigenvalue weighted by Gasteiger charge is -2.13. The van der Waals surface area contributed by atoms with Gasteiger partial charge in [0.15, 0.2) is 0 Å². The van der Waals surface area contributed by atoms with Crippen LogP contribution in [0, 0.1) is 0 Å². The van der Waals surface area contributed by atoms with Gasteiger partial charge in [0.05, 0.1) is 16.6 Å². The lowest BCUT2D eigenvalue weighted by Crippen LogP contribution is -2.18. The smallest absolute Gasteiger partial charge is 0.365 e. The van der Waals surface area contributed by atoms with Crippen molar-refractivity contribution >= 4 is 28.5 Å². The summed E-state index contributed by atoms with van der Waals surface area (Å²) in [5.41, 5.74) is 5.57. The van der Waals surface area contributed by atoms with Crippen LogP contribution in [0.25, 0.3) is 16.6 Å². The molecule has 0 aliphatic carbocycles. The number of fused-ring (bicyclic) bond motifs is 1. The minimum Gasteiger partial charge on any atom is -0.365 e. The number of benzene rings is 2. The van der Waals surface area contributed by atoms with Gasteiger partial charge in [0.2, 0.25) is 5.91 Å². The summed E-state index contributed by atoms with van der Waals surface area (Å²) in [6.45, 7) is 3.36. The number of hydrogen-bond donors (Lipinski definition) is 2. The molecule has 2 amide bonds. The van der Waals surface area contributed by atoms with Gasteiger partial charge in [0, 0.05) is 11.1 Å². The van der Waals surface area contributed by atoms with Gasteiger partial charge in [-0.25, -0.2) is 0 Å². The van der Waals surface area contributed by atoms with Crippen LogP contribution in [0.15, 0.2) is 61.2 Å². The normalized spacial score (nSPS) is 11.4. The summed E-state index contributed by atoms with van der Waals surface area (Å²) in [7, 11) is 0. The van der Waals surface area contributed by atoms with Crippen LogP contribution in [-0.2, 0) is 11.0 Å². The van der Waals surface area contributed by atoms with Crippen molar-refractivity contribution in [2.75, 3.05) is 5.32 Å². The second-order valence-corrected chi connectivity index (χ2v) is 5.68. The van der Waals surface area contributed by atoms with E-state index in [0.717, 1.165) is 18.2 Å². The highest BCUT2D eigenvalue weighted by atomic mass is 19.4. The Bertz CT molecular complexity index is 1050. The predicted molar refractivity (Wildman–Crippen MR) is 95.6 cm³/mol. The van der Waals surface area contributed by atoms with Crippen molar-refractivity contribution < 1.29 is 22.8 Å². The van der Waals surface area contributed by atoms with Gasteiger partial charge in [0.25, 0.3) is 5.91 Å². The van der Waals surface area contributed by atoms with Crippen molar-refractivity contribution in [3.05, 3.63) is 72.3 Å². The Morgan fingerprint density at radius 2 is 1.70 bits per heavy atom. The van der Waals surface area contributed by atoms with Gasteiger partial charge in [0.1, 0.15) is 5.82 Å². The summed E-state index contributed by atoms with van der Waals surface area (Å²) in [5.74, 6) is -1.31. The Morgan fingerprint density at radius 1 is 1.07 bits per heavy atom. The van der Waals surface area contributed by atoms with Gasteiger partial charge in [-0.1, -0.05) is 24.8 Å². The Hall–Kier alpha value is -3.55. The summed E-state index contributed by atoms with van der Waals surface area (Å²) < 4.78 is 40.0. The second-order valence-electron chi connectivity index (χ2n) is 5.68. The van der Waals surface area contributed by atoms with Gasteiger partial charge < -0.3 is 11.1 Å². The number of carbonyl (C=O) groups excluding carboxylic acids is 2. The predicted octanol–water partition coefficient (Wildman–Crippen LogP) is 3.87. The molecule has 5 nitrogen and oxygen atoms in total. The van der Waals surface area contributed by atoms with E-state index in [-0.39, 0.29) is 11.4 Å². The third-order valence-corrected chi connectivity index (χ3v) is 4.00. The van der Waals surface area contributed by atoms with Crippen LogP contribution in [0.5, 0.6) is 0 Å². The van der Waals surface area contributed by atoms with Crippen molar-refractivity contribution in [3.8, 4) is 5.69 Å². The molecule has 0 fully saturated rings. The average molecular weight is 373 g/mol. The minimum atomic E-state index is -4.48. The molecule has 8 heteroatoms. The molecule has 3 aromatic rings. The van der Waals surface area contributed by atoms with Gasteiger partial charge in [-0.15, -0.1) is 0 Å². The maximum atomic E-state index is 12.8. The number of halogens is 3. The molecule has 1 aromatic heterocycles. The highest BCUT2D eigenvalue weighted by molar-refractivity contribution is 6.15. The molecule has 0 atom stereocenters. The fraction of sp³-hybridized carbons (Fsp3) is 0.0526. The largest absolute Gasteiger partial charge is 0.416 e. The van der Waals surface area contributed by atoms with Crippen LogP contribution in [0.3, 0.4) is 0 Å². The molecule has 0 aliphatic rings. The van der Waals surface area contributed by atoms with Gasteiger partial charge in [-0.3, -0.25) is 14.2 Å². The van der Waals surface area contributed by atoms with E-state index in [9.17, 15) is 22.8 Å². The third kappa shape index (κ3) is 3.29.